The zero-order valence-electron chi connectivity index (χ0n) is 32.3. The van der Waals surface area contributed by atoms with Crippen LogP contribution in [0.25, 0.3) is 0 Å². The number of carbonyl (C=O) groups excluding carboxylic acids is 1. The summed E-state index contributed by atoms with van der Waals surface area (Å²) in [6.45, 7) is 6.03. The van der Waals surface area contributed by atoms with Crippen LogP contribution in [0, 0.1) is 0 Å². The first-order chi connectivity index (χ1) is 26.3. The Morgan fingerprint density at radius 2 is 1.33 bits per heavy atom. The van der Waals surface area contributed by atoms with Gasteiger partial charge in [0.2, 0.25) is 5.69 Å². The number of methoxy groups -OCH3 is 1. The van der Waals surface area contributed by atoms with Crippen molar-refractivity contribution in [3.05, 3.63) is 71.5 Å². The van der Waals surface area contributed by atoms with Crippen LogP contribution >= 0.6 is 0 Å². The molecule has 2 aliphatic rings. The first-order valence-corrected chi connectivity index (χ1v) is 24.4. The Hall–Kier alpha value is -3.34. The maximum atomic E-state index is 12.3. The molecule has 0 aromatic heterocycles. The first kappa shape index (κ1) is 46.4. The zero-order valence-corrected chi connectivity index (χ0v) is 35.6. The van der Waals surface area contributed by atoms with Crippen LogP contribution < -0.4 is 4.90 Å². The quantitative estimate of drug-likeness (QED) is 0.0741. The molecule has 4 rings (SSSR count). The Morgan fingerprint density at radius 1 is 0.772 bits per heavy atom. The molecule has 0 saturated heterocycles. The van der Waals surface area contributed by atoms with E-state index in [1.165, 1.54) is 44.4 Å². The van der Waals surface area contributed by atoms with Gasteiger partial charge in [-0.1, -0.05) is 6.08 Å². The van der Waals surface area contributed by atoms with Crippen molar-refractivity contribution in [2.24, 2.45) is 0 Å². The van der Waals surface area contributed by atoms with E-state index < -0.39 is 62.8 Å². The van der Waals surface area contributed by atoms with Crippen LogP contribution in [0.5, 0.6) is 0 Å². The molecular weight excluding hydrogens is 825 g/mol. The number of hydrogen-bond donors (Lipinski definition) is 4. The predicted octanol–water partition coefficient (Wildman–Crippen LogP) is 4.89. The number of hydrogen-bond acceptors (Lipinski definition) is 11. The highest BCUT2D eigenvalue weighted by atomic mass is 32.2. The first-order valence-electron chi connectivity index (χ1n) is 18.3. The summed E-state index contributed by atoms with van der Waals surface area (Å²) in [7, 11) is -16.5. The van der Waals surface area contributed by atoms with E-state index in [9.17, 15) is 56.7 Å². The molecule has 0 saturated carbocycles. The van der Waals surface area contributed by atoms with Gasteiger partial charge in [0.05, 0.1) is 33.3 Å². The van der Waals surface area contributed by atoms with Gasteiger partial charge in [0.25, 0.3) is 40.5 Å². The maximum Gasteiger partial charge on any atom is 0.294 e. The number of rotatable bonds is 21. The summed E-state index contributed by atoms with van der Waals surface area (Å²) in [4.78, 5) is 12.7. The van der Waals surface area contributed by atoms with Crippen LogP contribution in [-0.4, -0.2) is 106 Å². The molecule has 2 aliphatic heterocycles. The molecule has 16 nitrogen and oxygen atoms in total. The normalized spacial score (nSPS) is 20.8. The molecule has 2 aromatic carbocycles. The van der Waals surface area contributed by atoms with Crippen molar-refractivity contribution in [1.82, 2.24) is 0 Å². The van der Waals surface area contributed by atoms with E-state index in [2.05, 4.69) is 0 Å². The molecule has 316 valence electrons. The van der Waals surface area contributed by atoms with Gasteiger partial charge in [-0.05, 0) is 101 Å². The standard InChI is InChI=1S/C37H50N2O14S4/c1-27(40)11-6-5-7-20-38-32-16-14-28(56(47,48)49)25-30(32)36(2,18-9-23-54(41,42)43)34(38)12-8-13-35-37(3,19-10-24-55(44,45)46)31-26-29(57(50,51)52)15-17-33(31)39(35)21-22-53-4/h8,12-17,25-26H,5-7,9-11,18-24H2,1-4H3,(H3-,41,42,43,44,45,46,47,48,49,50,51,52)/p+1. The van der Waals surface area contributed by atoms with E-state index in [4.69, 9.17) is 4.74 Å². The monoisotopic (exact) mass is 875 g/mol. The van der Waals surface area contributed by atoms with Crippen molar-refractivity contribution in [2.45, 2.75) is 92.8 Å². The summed E-state index contributed by atoms with van der Waals surface area (Å²) in [5.41, 5.74) is 1.25. The van der Waals surface area contributed by atoms with E-state index in [-0.39, 0.29) is 54.4 Å². The molecule has 57 heavy (non-hydrogen) atoms. The third-order valence-electron chi connectivity index (χ3n) is 10.6. The van der Waals surface area contributed by atoms with Gasteiger partial charge in [-0.15, -0.1) is 0 Å². The molecule has 2 atom stereocenters. The van der Waals surface area contributed by atoms with Crippen molar-refractivity contribution >= 4 is 63.3 Å². The van der Waals surface area contributed by atoms with Crippen molar-refractivity contribution < 1.29 is 66.0 Å². The second kappa shape index (κ2) is 17.9. The lowest BCUT2D eigenvalue weighted by molar-refractivity contribution is -0.438. The highest BCUT2D eigenvalue weighted by molar-refractivity contribution is 7.86. The average molecular weight is 876 g/mol. The Bertz CT molecular complexity index is 2410. The minimum absolute atomic E-state index is 0.0161. The van der Waals surface area contributed by atoms with Gasteiger partial charge >= 0.3 is 0 Å². The van der Waals surface area contributed by atoms with Gasteiger partial charge in [-0.2, -0.15) is 38.2 Å². The molecule has 0 radical (unpaired) electrons. The lowest BCUT2D eigenvalue weighted by atomic mass is 9.75. The van der Waals surface area contributed by atoms with E-state index in [1.54, 1.807) is 38.1 Å². The fraction of sp³-hybridized carbons (Fsp3) is 0.514. The third-order valence-corrected chi connectivity index (χ3v) is 13.9. The number of benzene rings is 2. The molecule has 2 aromatic rings. The number of Topliss-reactive ketones (excluding diaryl/α,β-unsaturated/α-hetero) is 1. The van der Waals surface area contributed by atoms with E-state index in [0.717, 1.165) is 0 Å². The summed E-state index contributed by atoms with van der Waals surface area (Å²) < 4.78 is 143. The number of unbranched alkanes of at least 4 members (excludes halogenated alkanes) is 2. The van der Waals surface area contributed by atoms with Gasteiger partial charge in [0.1, 0.15) is 12.3 Å². The number of anilines is 1. The Morgan fingerprint density at radius 3 is 1.88 bits per heavy atom. The number of ketones is 1. The highest BCUT2D eigenvalue weighted by Gasteiger charge is 2.48. The molecule has 2 unspecified atom stereocenters. The second-order valence-electron chi connectivity index (χ2n) is 14.9. The van der Waals surface area contributed by atoms with Crippen molar-refractivity contribution in [2.75, 3.05) is 43.2 Å². The van der Waals surface area contributed by atoms with E-state index in [0.29, 0.717) is 66.1 Å². The smallest absolute Gasteiger partial charge is 0.294 e. The number of nitrogens with zero attached hydrogens (tertiary/aromatic N) is 2. The summed E-state index contributed by atoms with van der Waals surface area (Å²) in [5, 5.41) is 0. The zero-order chi connectivity index (χ0) is 42.6. The van der Waals surface area contributed by atoms with E-state index >= 15 is 0 Å². The van der Waals surface area contributed by atoms with Gasteiger partial charge in [0, 0.05) is 61.0 Å². The molecule has 0 bridgehead atoms. The molecule has 0 aliphatic carbocycles. The SMILES string of the molecule is COCCN1/C(=C/C=C/C2=[N+](CCCCCC(C)=O)c3ccc(S(=O)(=O)O)cc3C2(C)CCCS(=O)(=O)O)C(C)(CCCS(=O)(=O)O)c2cc(S(=O)(=O)O)ccc21. The minimum atomic E-state index is -4.64. The van der Waals surface area contributed by atoms with Crippen LogP contribution in [0.2, 0.25) is 0 Å². The Balaban J connectivity index is 1.93. The molecule has 2 heterocycles. The maximum absolute atomic E-state index is 12.3. The largest absolute Gasteiger partial charge is 0.383 e. The number of fused-ring (bicyclic) bond motifs is 2. The Labute approximate surface area is 335 Å². The van der Waals surface area contributed by atoms with Crippen LogP contribution in [0.15, 0.2) is 70.1 Å². The number of carbonyl (C=O) groups is 1. The fourth-order valence-electron chi connectivity index (χ4n) is 7.84. The highest BCUT2D eigenvalue weighted by Crippen LogP contribution is 2.51. The van der Waals surface area contributed by atoms with Crippen molar-refractivity contribution in [3.63, 3.8) is 0 Å². The van der Waals surface area contributed by atoms with Crippen molar-refractivity contribution in [1.29, 1.82) is 0 Å². The molecular formula is C37H51N2O14S4+. The summed E-state index contributed by atoms with van der Waals surface area (Å²) in [6.07, 6.45) is 7.84. The molecule has 0 spiro atoms. The van der Waals surface area contributed by atoms with Gasteiger partial charge in [-0.25, -0.2) is 0 Å². The average Bonchev–Trinajstić information content (AvgIpc) is 3.45. The van der Waals surface area contributed by atoms with Crippen LogP contribution in [0.1, 0.15) is 83.3 Å². The predicted molar refractivity (Wildman–Crippen MR) is 214 cm³/mol. The minimum Gasteiger partial charge on any atom is -0.383 e. The summed E-state index contributed by atoms with van der Waals surface area (Å²) in [6, 6.07) is 8.30. The van der Waals surface area contributed by atoms with Gasteiger partial charge in [0.15, 0.2) is 5.71 Å². The van der Waals surface area contributed by atoms with Crippen LogP contribution in [0.4, 0.5) is 11.4 Å². The van der Waals surface area contributed by atoms with Crippen molar-refractivity contribution in [3.8, 4) is 0 Å². The fourth-order valence-corrected chi connectivity index (χ4v) is 9.87. The number of ether oxygens (including phenoxy) is 1. The lowest BCUT2D eigenvalue weighted by Crippen LogP contribution is -2.32. The lowest BCUT2D eigenvalue weighted by Gasteiger charge is -2.30. The molecule has 0 amide bonds. The van der Waals surface area contributed by atoms with Gasteiger partial charge in [-0.3, -0.25) is 18.2 Å². The molecule has 4 N–H and O–H groups in total. The summed E-state index contributed by atoms with van der Waals surface area (Å²) in [5.74, 6) is -1.08. The molecule has 0 fully saturated rings. The van der Waals surface area contributed by atoms with Crippen LogP contribution in [-0.2, 0) is 60.8 Å². The third kappa shape index (κ3) is 11.4. The Kier molecular flexibility index (Phi) is 14.5. The summed E-state index contributed by atoms with van der Waals surface area (Å²) >= 11 is 0. The number of allylic oxidation sites excluding steroid dienone is 4. The van der Waals surface area contributed by atoms with E-state index in [1.807, 2.05) is 9.48 Å². The second-order valence-corrected chi connectivity index (χ2v) is 20.8. The van der Waals surface area contributed by atoms with Crippen LogP contribution in [0.3, 0.4) is 0 Å². The molecule has 20 heteroatoms. The van der Waals surface area contributed by atoms with Gasteiger partial charge < -0.3 is 14.4 Å². The topological polar surface area (TPSA) is 250 Å².